The molecule has 0 fully saturated rings. The molecule has 0 atom stereocenters. The molecule has 0 spiro atoms. The molecule has 7 nitrogen and oxygen atoms in total. The Labute approximate surface area is 169 Å². The van der Waals surface area contributed by atoms with Gasteiger partial charge in [0, 0.05) is 31.4 Å². The van der Waals surface area contributed by atoms with E-state index in [1.807, 2.05) is 37.3 Å². The van der Waals surface area contributed by atoms with Gasteiger partial charge in [-0.25, -0.2) is 9.97 Å². The van der Waals surface area contributed by atoms with Gasteiger partial charge in [-0.05, 0) is 38.0 Å². The van der Waals surface area contributed by atoms with Crippen molar-refractivity contribution in [3.05, 3.63) is 53.5 Å². The fourth-order valence-corrected chi connectivity index (χ4v) is 3.79. The Balaban J connectivity index is 1.58. The second kappa shape index (κ2) is 8.03. The molecule has 2 amide bonds. The first-order valence-electron chi connectivity index (χ1n) is 10.00. The number of nitrogens with one attached hydrogen (secondary N) is 1. The van der Waals surface area contributed by atoms with Crippen LogP contribution in [0.3, 0.4) is 0 Å². The maximum atomic E-state index is 13.1. The Kier molecular flexibility index (Phi) is 5.29. The number of fused-ring (bicyclic) bond motifs is 3. The van der Waals surface area contributed by atoms with Crippen LogP contribution in [0.15, 0.2) is 36.4 Å². The summed E-state index contributed by atoms with van der Waals surface area (Å²) in [6.07, 6.45) is 4.28. The number of hydrogen-bond acceptors (Lipinski definition) is 4. The molecule has 150 valence electrons. The first-order valence-corrected chi connectivity index (χ1v) is 10.00. The van der Waals surface area contributed by atoms with Crippen molar-refractivity contribution in [3.8, 4) is 0 Å². The number of nitrogens with zero attached hydrogens (tertiary/aromatic N) is 4. The van der Waals surface area contributed by atoms with Gasteiger partial charge in [0.2, 0.25) is 5.91 Å². The highest BCUT2D eigenvalue weighted by atomic mass is 16.2. The number of hydrogen-bond donors (Lipinski definition) is 1. The Morgan fingerprint density at radius 1 is 1.14 bits per heavy atom. The first-order chi connectivity index (χ1) is 14.0. The molecule has 29 heavy (non-hydrogen) atoms. The van der Waals surface area contributed by atoms with E-state index in [-0.39, 0.29) is 18.4 Å². The highest BCUT2D eigenvalue weighted by Gasteiger charge is 2.23. The van der Waals surface area contributed by atoms with E-state index in [9.17, 15) is 9.59 Å². The number of imidazole rings is 1. The Morgan fingerprint density at radius 3 is 2.72 bits per heavy atom. The zero-order valence-electron chi connectivity index (χ0n) is 16.8. The summed E-state index contributed by atoms with van der Waals surface area (Å²) in [7, 11) is 1.63. The van der Waals surface area contributed by atoms with Crippen LogP contribution in [0.4, 0.5) is 5.69 Å². The molecule has 4 rings (SSSR count). The molecular formula is C22H25N5O2. The highest BCUT2D eigenvalue weighted by molar-refractivity contribution is 6.06. The number of amides is 2. The number of rotatable bonds is 4. The summed E-state index contributed by atoms with van der Waals surface area (Å²) in [6.45, 7) is 2.73. The molecule has 1 aromatic carbocycles. The van der Waals surface area contributed by atoms with Crippen LogP contribution in [0.5, 0.6) is 0 Å². The third kappa shape index (κ3) is 3.99. The molecule has 2 aromatic heterocycles. The van der Waals surface area contributed by atoms with E-state index < -0.39 is 0 Å². The van der Waals surface area contributed by atoms with Crippen molar-refractivity contribution in [2.75, 3.05) is 18.9 Å². The van der Waals surface area contributed by atoms with Crippen LogP contribution in [-0.2, 0) is 17.8 Å². The van der Waals surface area contributed by atoms with Gasteiger partial charge in [-0.2, -0.15) is 0 Å². The molecule has 0 aliphatic carbocycles. The van der Waals surface area contributed by atoms with Crippen LogP contribution in [0.1, 0.15) is 41.1 Å². The number of pyridine rings is 1. The standard InChI is InChI=1S/C22H25N5O2/c1-15-13-17(20-21(23-15)27-12-8-4-7-11-18(27)25-20)22(29)26(2)14-19(28)24-16-9-5-3-6-10-16/h3,5-6,9-10,13H,4,7-8,11-12,14H2,1-2H3,(H,24,28). The van der Waals surface area contributed by atoms with Crippen molar-refractivity contribution in [1.82, 2.24) is 19.4 Å². The molecule has 0 unspecified atom stereocenters. The van der Waals surface area contributed by atoms with E-state index in [0.717, 1.165) is 43.0 Å². The van der Waals surface area contributed by atoms with Crippen molar-refractivity contribution in [2.45, 2.75) is 39.2 Å². The van der Waals surface area contributed by atoms with E-state index >= 15 is 0 Å². The van der Waals surface area contributed by atoms with E-state index in [0.29, 0.717) is 16.8 Å². The van der Waals surface area contributed by atoms with Crippen LogP contribution in [-0.4, -0.2) is 44.8 Å². The van der Waals surface area contributed by atoms with Crippen LogP contribution < -0.4 is 5.32 Å². The van der Waals surface area contributed by atoms with Gasteiger partial charge in [0.15, 0.2) is 5.65 Å². The quantitative estimate of drug-likeness (QED) is 0.741. The SMILES string of the molecule is Cc1cc(C(=O)N(C)CC(=O)Nc2ccccc2)c2nc3n(c2n1)CCCCC3. The maximum Gasteiger partial charge on any atom is 0.256 e. The smallest absolute Gasteiger partial charge is 0.256 e. The van der Waals surface area contributed by atoms with E-state index in [1.54, 1.807) is 13.1 Å². The Hall–Kier alpha value is -3.22. The van der Waals surface area contributed by atoms with Crippen molar-refractivity contribution < 1.29 is 9.59 Å². The largest absolute Gasteiger partial charge is 0.332 e. The second-order valence-corrected chi connectivity index (χ2v) is 7.55. The summed E-state index contributed by atoms with van der Waals surface area (Å²) in [5, 5.41) is 2.81. The Bertz CT molecular complexity index is 1060. The molecule has 0 saturated carbocycles. The number of benzene rings is 1. The molecule has 3 heterocycles. The number of anilines is 1. The molecule has 7 heteroatoms. The van der Waals surface area contributed by atoms with Gasteiger partial charge < -0.3 is 14.8 Å². The van der Waals surface area contributed by atoms with Gasteiger partial charge in [0.1, 0.15) is 11.3 Å². The van der Waals surface area contributed by atoms with Gasteiger partial charge in [-0.15, -0.1) is 0 Å². The average Bonchev–Trinajstić information content (AvgIpc) is 2.88. The van der Waals surface area contributed by atoms with Gasteiger partial charge >= 0.3 is 0 Å². The molecule has 1 aliphatic rings. The number of aromatic nitrogens is 3. The molecule has 0 saturated heterocycles. The van der Waals surface area contributed by atoms with Crippen LogP contribution >= 0.6 is 0 Å². The molecule has 1 N–H and O–H groups in total. The number of carbonyl (C=O) groups excluding carboxylic acids is 2. The summed E-state index contributed by atoms with van der Waals surface area (Å²) in [4.78, 5) is 36.3. The predicted molar refractivity (Wildman–Crippen MR) is 112 cm³/mol. The second-order valence-electron chi connectivity index (χ2n) is 7.55. The lowest BCUT2D eigenvalue weighted by atomic mass is 10.1. The lowest BCUT2D eigenvalue weighted by molar-refractivity contribution is -0.116. The summed E-state index contributed by atoms with van der Waals surface area (Å²) in [6, 6.07) is 11.0. The van der Waals surface area contributed by atoms with Crippen LogP contribution in [0.25, 0.3) is 11.2 Å². The molecule has 0 bridgehead atoms. The maximum absolute atomic E-state index is 13.1. The monoisotopic (exact) mass is 391 g/mol. The number of para-hydroxylation sites is 1. The Morgan fingerprint density at radius 2 is 1.93 bits per heavy atom. The summed E-state index contributed by atoms with van der Waals surface area (Å²) >= 11 is 0. The topological polar surface area (TPSA) is 80.1 Å². The normalized spacial score (nSPS) is 13.6. The zero-order valence-corrected chi connectivity index (χ0v) is 16.8. The van der Waals surface area contributed by atoms with Gasteiger partial charge in [-0.1, -0.05) is 24.6 Å². The molecule has 0 radical (unpaired) electrons. The van der Waals surface area contributed by atoms with Gasteiger partial charge in [-0.3, -0.25) is 9.59 Å². The zero-order chi connectivity index (χ0) is 20.4. The van der Waals surface area contributed by atoms with Crippen molar-refractivity contribution in [2.24, 2.45) is 0 Å². The first kappa shape index (κ1) is 19.1. The lowest BCUT2D eigenvalue weighted by Gasteiger charge is -2.17. The number of likely N-dealkylation sites (N-methyl/N-ethyl adjacent to an activating group) is 1. The lowest BCUT2D eigenvalue weighted by Crippen LogP contribution is -2.35. The summed E-state index contributed by atoms with van der Waals surface area (Å²) in [5.41, 5.74) is 3.39. The van der Waals surface area contributed by atoms with Gasteiger partial charge in [0.05, 0.1) is 12.1 Å². The van der Waals surface area contributed by atoms with E-state index in [1.165, 1.54) is 11.3 Å². The summed E-state index contributed by atoms with van der Waals surface area (Å²) in [5.74, 6) is 0.529. The fraction of sp³-hybridized carbons (Fsp3) is 0.364. The minimum Gasteiger partial charge on any atom is -0.332 e. The molecule has 3 aromatic rings. The predicted octanol–water partition coefficient (Wildman–Crippen LogP) is 3.18. The number of carbonyl (C=O) groups is 2. The van der Waals surface area contributed by atoms with E-state index in [2.05, 4.69) is 14.9 Å². The molecular weight excluding hydrogens is 366 g/mol. The number of aryl methyl sites for hydroxylation is 3. The fourth-order valence-electron chi connectivity index (χ4n) is 3.79. The van der Waals surface area contributed by atoms with Crippen molar-refractivity contribution >= 4 is 28.7 Å². The minimum atomic E-state index is -0.241. The van der Waals surface area contributed by atoms with Crippen LogP contribution in [0.2, 0.25) is 0 Å². The molecule has 1 aliphatic heterocycles. The summed E-state index contributed by atoms with van der Waals surface area (Å²) < 4.78 is 2.15. The van der Waals surface area contributed by atoms with Crippen molar-refractivity contribution in [1.29, 1.82) is 0 Å². The van der Waals surface area contributed by atoms with Crippen molar-refractivity contribution in [3.63, 3.8) is 0 Å². The van der Waals surface area contributed by atoms with E-state index in [4.69, 9.17) is 4.98 Å². The van der Waals surface area contributed by atoms with Crippen LogP contribution in [0, 0.1) is 6.92 Å². The minimum absolute atomic E-state index is 0.0375. The third-order valence-electron chi connectivity index (χ3n) is 5.21. The highest BCUT2D eigenvalue weighted by Crippen LogP contribution is 2.24. The average molecular weight is 391 g/mol. The third-order valence-corrected chi connectivity index (χ3v) is 5.21. The van der Waals surface area contributed by atoms with Gasteiger partial charge in [0.25, 0.3) is 5.91 Å².